The van der Waals surface area contributed by atoms with Crippen LogP contribution in [0.3, 0.4) is 0 Å². The summed E-state index contributed by atoms with van der Waals surface area (Å²) < 4.78 is 1.47. The first-order valence-corrected chi connectivity index (χ1v) is 12.0. The highest BCUT2D eigenvalue weighted by atomic mass is 32.2. The van der Waals surface area contributed by atoms with E-state index in [4.69, 9.17) is 5.73 Å². The second kappa shape index (κ2) is 9.72. The van der Waals surface area contributed by atoms with E-state index in [1.165, 1.54) is 33.1 Å². The zero-order valence-electron chi connectivity index (χ0n) is 17.7. The fourth-order valence-electron chi connectivity index (χ4n) is 3.61. The number of urea groups is 1. The minimum atomic E-state index is -1.23. The van der Waals surface area contributed by atoms with E-state index in [0.717, 1.165) is 0 Å². The van der Waals surface area contributed by atoms with Crippen molar-refractivity contribution < 1.29 is 24.3 Å². The number of nitrogens with zero attached hydrogens (tertiary/aromatic N) is 5. The van der Waals surface area contributed by atoms with Crippen molar-refractivity contribution in [3.05, 3.63) is 47.2 Å². The van der Waals surface area contributed by atoms with Gasteiger partial charge in [-0.15, -0.1) is 16.9 Å². The summed E-state index contributed by atoms with van der Waals surface area (Å²) >= 11 is 2.61. The lowest BCUT2D eigenvalue weighted by atomic mass is 10.0. The van der Waals surface area contributed by atoms with Crippen LogP contribution >= 0.6 is 23.5 Å². The Bertz CT molecular complexity index is 1170. The van der Waals surface area contributed by atoms with E-state index in [2.05, 4.69) is 26.2 Å². The van der Waals surface area contributed by atoms with Gasteiger partial charge in [-0.25, -0.2) is 14.3 Å². The molecule has 15 heteroatoms. The molecule has 4 amide bonds. The summed E-state index contributed by atoms with van der Waals surface area (Å²) in [6.07, 6.45) is 0. The number of amides is 4. The molecule has 1 fully saturated rings. The van der Waals surface area contributed by atoms with Crippen LogP contribution in [0.15, 0.2) is 46.8 Å². The zero-order chi connectivity index (χ0) is 24.4. The Morgan fingerprint density at radius 1 is 1.32 bits per heavy atom. The molecular formula is C19H20N8O5S2. The molecule has 178 valence electrons. The molecule has 4 rings (SSSR count). The number of aromatic nitrogens is 4. The Morgan fingerprint density at radius 2 is 2.06 bits per heavy atom. The quantitative estimate of drug-likeness (QED) is 0.268. The van der Waals surface area contributed by atoms with E-state index in [1.54, 1.807) is 37.4 Å². The summed E-state index contributed by atoms with van der Waals surface area (Å²) in [7, 11) is 1.67. The van der Waals surface area contributed by atoms with Gasteiger partial charge in [-0.3, -0.25) is 14.5 Å². The molecule has 1 saturated heterocycles. The van der Waals surface area contributed by atoms with E-state index in [1.807, 2.05) is 0 Å². The molecule has 0 bridgehead atoms. The highest BCUT2D eigenvalue weighted by Crippen LogP contribution is 2.41. The van der Waals surface area contributed by atoms with Crippen molar-refractivity contribution in [1.29, 1.82) is 0 Å². The molecule has 2 unspecified atom stereocenters. The number of β-lactam (4-membered cyclic amide) rings is 1. The average Bonchev–Trinajstić information content (AvgIpc) is 3.23. The first-order valence-electron chi connectivity index (χ1n) is 9.94. The standard InChI is InChI=1S/C19H20N8O5S2/c1-26-19(23-24-25-26)34-8-10-7-33-16-12(15(29)27(16)13(10)17(30)31)21-14(28)11(22-18(20)32)9-5-3-2-4-6-9/h2-6,11-12,16H,7-8H2,1H3,(H,21,28)(H,30,31)(H3,20,22,32)/t11?,12-,16?/m0/s1. The van der Waals surface area contributed by atoms with Gasteiger partial charge in [0.25, 0.3) is 5.91 Å². The van der Waals surface area contributed by atoms with Crippen LogP contribution < -0.4 is 16.4 Å². The van der Waals surface area contributed by atoms with Gasteiger partial charge in [-0.05, 0) is 21.6 Å². The minimum absolute atomic E-state index is 0.100. The summed E-state index contributed by atoms with van der Waals surface area (Å²) in [5, 5.41) is 25.9. The third-order valence-electron chi connectivity index (χ3n) is 5.19. The van der Waals surface area contributed by atoms with Gasteiger partial charge in [0.1, 0.15) is 23.2 Å². The van der Waals surface area contributed by atoms with Gasteiger partial charge >= 0.3 is 12.0 Å². The highest BCUT2D eigenvalue weighted by Gasteiger charge is 2.54. The smallest absolute Gasteiger partial charge is 0.352 e. The van der Waals surface area contributed by atoms with Crippen molar-refractivity contribution in [3.8, 4) is 0 Å². The fraction of sp³-hybridized carbons (Fsp3) is 0.316. The first-order chi connectivity index (χ1) is 16.3. The predicted octanol–water partition coefficient (Wildman–Crippen LogP) is -0.550. The Balaban J connectivity index is 1.49. The van der Waals surface area contributed by atoms with Crippen molar-refractivity contribution in [2.45, 2.75) is 22.6 Å². The fourth-order valence-corrected chi connectivity index (χ4v) is 5.95. The van der Waals surface area contributed by atoms with E-state index in [9.17, 15) is 24.3 Å². The van der Waals surface area contributed by atoms with Crippen LogP contribution in [0.4, 0.5) is 4.79 Å². The number of primary amides is 1. The summed E-state index contributed by atoms with van der Waals surface area (Å²) in [6.45, 7) is 0. The number of carboxylic acid groups (broad SMARTS) is 1. The number of carbonyl (C=O) groups excluding carboxylic acids is 3. The monoisotopic (exact) mass is 504 g/mol. The maximum absolute atomic E-state index is 12.9. The molecular weight excluding hydrogens is 484 g/mol. The Morgan fingerprint density at radius 3 is 2.68 bits per heavy atom. The van der Waals surface area contributed by atoms with Crippen molar-refractivity contribution in [3.63, 3.8) is 0 Å². The molecule has 1 aromatic carbocycles. The zero-order valence-corrected chi connectivity index (χ0v) is 19.4. The van der Waals surface area contributed by atoms with Gasteiger partial charge < -0.3 is 21.5 Å². The molecule has 2 aromatic rings. The predicted molar refractivity (Wildman–Crippen MR) is 121 cm³/mol. The second-order valence-corrected chi connectivity index (χ2v) is 9.43. The number of rotatable bonds is 8. The van der Waals surface area contributed by atoms with Gasteiger partial charge in [0, 0.05) is 18.6 Å². The summed E-state index contributed by atoms with van der Waals surface area (Å²) in [5.41, 5.74) is 6.16. The number of carboxylic acids is 1. The number of hydrogen-bond acceptors (Lipinski definition) is 9. The van der Waals surface area contributed by atoms with Crippen molar-refractivity contribution >= 4 is 47.3 Å². The van der Waals surface area contributed by atoms with Crippen LogP contribution in [0.5, 0.6) is 0 Å². The summed E-state index contributed by atoms with van der Waals surface area (Å²) in [5.74, 6) is -1.76. The van der Waals surface area contributed by atoms with Crippen molar-refractivity contribution in [1.82, 2.24) is 35.7 Å². The topological polar surface area (TPSA) is 185 Å². The number of nitrogens with one attached hydrogen (secondary N) is 2. The lowest BCUT2D eigenvalue weighted by Gasteiger charge is -2.49. The molecule has 2 aliphatic heterocycles. The number of nitrogens with two attached hydrogens (primary N) is 1. The molecule has 0 spiro atoms. The van der Waals surface area contributed by atoms with Crippen LogP contribution in [-0.4, -0.2) is 76.9 Å². The number of hydrogen-bond donors (Lipinski definition) is 4. The van der Waals surface area contributed by atoms with Gasteiger partial charge in [0.05, 0.1) is 0 Å². The highest BCUT2D eigenvalue weighted by molar-refractivity contribution is 8.01. The molecule has 0 saturated carbocycles. The SMILES string of the molecule is Cn1nnnc1SCC1=C(C(=O)O)N2C(=O)[C@H](NC(=O)C(NC(N)=O)c3ccccc3)C2SC1. The normalized spacial score (nSPS) is 20.3. The molecule has 5 N–H and O–H groups in total. The molecule has 1 aromatic heterocycles. The second-order valence-electron chi connectivity index (χ2n) is 7.38. The maximum atomic E-state index is 12.9. The van der Waals surface area contributed by atoms with E-state index in [-0.39, 0.29) is 11.4 Å². The van der Waals surface area contributed by atoms with Crippen LogP contribution in [0, 0.1) is 0 Å². The number of carbonyl (C=O) groups is 4. The Kier molecular flexibility index (Phi) is 6.74. The summed E-state index contributed by atoms with van der Waals surface area (Å²) in [6, 6.07) is 5.51. The van der Waals surface area contributed by atoms with Gasteiger partial charge in [-0.1, -0.05) is 42.1 Å². The first kappa shape index (κ1) is 23.6. The van der Waals surface area contributed by atoms with E-state index >= 15 is 0 Å². The maximum Gasteiger partial charge on any atom is 0.352 e. The van der Waals surface area contributed by atoms with Gasteiger partial charge in [-0.2, -0.15) is 0 Å². The van der Waals surface area contributed by atoms with Gasteiger partial charge in [0.2, 0.25) is 11.1 Å². The van der Waals surface area contributed by atoms with Crippen LogP contribution in [0.1, 0.15) is 11.6 Å². The van der Waals surface area contributed by atoms with Crippen LogP contribution in [-0.2, 0) is 21.4 Å². The summed E-state index contributed by atoms with van der Waals surface area (Å²) in [4.78, 5) is 50.5. The number of benzene rings is 1. The molecule has 34 heavy (non-hydrogen) atoms. The van der Waals surface area contributed by atoms with Crippen LogP contribution in [0.25, 0.3) is 0 Å². The molecule has 3 atom stereocenters. The van der Waals surface area contributed by atoms with Crippen LogP contribution in [0.2, 0.25) is 0 Å². The Hall–Kier alpha value is -3.59. The lowest BCUT2D eigenvalue weighted by molar-refractivity contribution is -0.150. The minimum Gasteiger partial charge on any atom is -0.477 e. The largest absolute Gasteiger partial charge is 0.477 e. The number of aliphatic carboxylic acids is 1. The van der Waals surface area contributed by atoms with Crippen molar-refractivity contribution in [2.24, 2.45) is 12.8 Å². The van der Waals surface area contributed by atoms with Crippen molar-refractivity contribution in [2.75, 3.05) is 11.5 Å². The average molecular weight is 505 g/mol. The number of fused-ring (bicyclic) bond motifs is 1. The van der Waals surface area contributed by atoms with E-state index in [0.29, 0.717) is 22.0 Å². The molecule has 0 radical (unpaired) electrons. The molecule has 2 aliphatic rings. The molecule has 13 nitrogen and oxygen atoms in total. The number of aryl methyl sites for hydroxylation is 1. The molecule has 3 heterocycles. The third-order valence-corrected chi connectivity index (χ3v) is 7.62. The van der Waals surface area contributed by atoms with E-state index < -0.39 is 41.3 Å². The van der Waals surface area contributed by atoms with Gasteiger partial charge in [0.15, 0.2) is 0 Å². The third kappa shape index (κ3) is 4.56. The number of thioether (sulfide) groups is 2. The number of tetrazole rings is 1. The molecule has 0 aliphatic carbocycles. The Labute approximate surface area is 201 Å². The lowest BCUT2D eigenvalue weighted by Crippen LogP contribution is -2.71.